The maximum Gasteiger partial charge on any atom is 0.131 e. The molecule has 1 heterocycles. The highest BCUT2D eigenvalue weighted by Crippen LogP contribution is 2.16. The average molecular weight is 190 g/mol. The van der Waals surface area contributed by atoms with Crippen LogP contribution in [0.2, 0.25) is 0 Å². The van der Waals surface area contributed by atoms with Gasteiger partial charge in [0.25, 0.3) is 0 Å². The molecule has 1 unspecified atom stereocenters. The Morgan fingerprint density at radius 2 is 2.29 bits per heavy atom. The largest absolute Gasteiger partial charge is 0.309 e. The first-order chi connectivity index (χ1) is 6.72. The zero-order chi connectivity index (χ0) is 10.6. The molecule has 0 bridgehead atoms. The molecular formula is C12H18N2. The third-order valence-electron chi connectivity index (χ3n) is 2.58. The summed E-state index contributed by atoms with van der Waals surface area (Å²) in [4.78, 5) is 4.16. The number of aromatic nitrogens is 1. The summed E-state index contributed by atoms with van der Waals surface area (Å²) in [7, 11) is 1.79. The number of hydrogen-bond donors (Lipinski definition) is 0. The third-order valence-corrected chi connectivity index (χ3v) is 2.58. The Bertz CT molecular complexity index is 374. The van der Waals surface area contributed by atoms with Gasteiger partial charge in [-0.2, -0.15) is 0 Å². The van der Waals surface area contributed by atoms with Crippen LogP contribution in [-0.2, 0) is 0 Å². The molecule has 0 radical (unpaired) electrons. The highest BCUT2D eigenvalue weighted by atomic mass is 15.0. The van der Waals surface area contributed by atoms with E-state index in [0.29, 0.717) is 5.92 Å². The van der Waals surface area contributed by atoms with Crippen molar-refractivity contribution in [3.05, 3.63) is 36.0 Å². The molecule has 76 valence electrons. The molecule has 0 aliphatic rings. The van der Waals surface area contributed by atoms with Crippen LogP contribution in [0.1, 0.15) is 31.7 Å². The molecule has 0 N–H and O–H groups in total. The van der Waals surface area contributed by atoms with Crippen LogP contribution in [-0.4, -0.2) is 11.6 Å². The lowest BCUT2D eigenvalue weighted by Gasteiger charge is -2.10. The van der Waals surface area contributed by atoms with E-state index in [1.807, 2.05) is 10.6 Å². The van der Waals surface area contributed by atoms with E-state index in [-0.39, 0.29) is 0 Å². The standard InChI is InChI=1S/C12H18N2/c1-5-10(3)11-7-8-12(13-4)14(6-2)9-11/h6-10H,2,5H2,1,3-4H3. The molecule has 0 aromatic carbocycles. The Morgan fingerprint density at radius 1 is 1.57 bits per heavy atom. The van der Waals surface area contributed by atoms with E-state index in [2.05, 4.69) is 37.7 Å². The molecule has 0 saturated carbocycles. The molecule has 0 spiro atoms. The van der Waals surface area contributed by atoms with E-state index in [4.69, 9.17) is 0 Å². The second kappa shape index (κ2) is 4.80. The zero-order valence-corrected chi connectivity index (χ0v) is 9.20. The molecule has 0 amide bonds. The summed E-state index contributed by atoms with van der Waals surface area (Å²) in [5.74, 6) is 0.590. The number of nitrogens with zero attached hydrogens (tertiary/aromatic N) is 2. The predicted molar refractivity (Wildman–Crippen MR) is 61.0 cm³/mol. The van der Waals surface area contributed by atoms with Crippen molar-refractivity contribution in [1.82, 2.24) is 4.57 Å². The number of pyridine rings is 1. The predicted octanol–water partition coefficient (Wildman–Crippen LogP) is 2.63. The third kappa shape index (κ3) is 2.13. The van der Waals surface area contributed by atoms with Crippen LogP contribution in [0.3, 0.4) is 0 Å². The highest BCUT2D eigenvalue weighted by molar-refractivity contribution is 5.23. The second-order valence-corrected chi connectivity index (χ2v) is 3.44. The first-order valence-electron chi connectivity index (χ1n) is 5.00. The summed E-state index contributed by atoms with van der Waals surface area (Å²) < 4.78 is 1.96. The Kier molecular flexibility index (Phi) is 3.69. The Morgan fingerprint density at radius 3 is 2.79 bits per heavy atom. The van der Waals surface area contributed by atoms with E-state index >= 15 is 0 Å². The summed E-state index contributed by atoms with van der Waals surface area (Å²) in [5.41, 5.74) is 2.27. The van der Waals surface area contributed by atoms with Gasteiger partial charge in [0.2, 0.25) is 0 Å². The van der Waals surface area contributed by atoms with Crippen molar-refractivity contribution in [3.63, 3.8) is 0 Å². The van der Waals surface area contributed by atoms with Gasteiger partial charge >= 0.3 is 0 Å². The van der Waals surface area contributed by atoms with Gasteiger partial charge in [-0.05, 0) is 24.0 Å². The number of rotatable bonds is 3. The van der Waals surface area contributed by atoms with Crippen molar-refractivity contribution in [2.75, 3.05) is 7.05 Å². The van der Waals surface area contributed by atoms with Gasteiger partial charge in [-0.1, -0.05) is 26.5 Å². The monoisotopic (exact) mass is 190 g/mol. The minimum Gasteiger partial charge on any atom is -0.309 e. The molecule has 14 heavy (non-hydrogen) atoms. The van der Waals surface area contributed by atoms with E-state index < -0.39 is 0 Å². The van der Waals surface area contributed by atoms with E-state index in [0.717, 1.165) is 11.9 Å². The van der Waals surface area contributed by atoms with Crippen LogP contribution in [0.4, 0.5) is 0 Å². The van der Waals surface area contributed by atoms with Crippen molar-refractivity contribution in [3.8, 4) is 0 Å². The highest BCUT2D eigenvalue weighted by Gasteiger charge is 2.02. The molecule has 0 aliphatic carbocycles. The fourth-order valence-electron chi connectivity index (χ4n) is 1.39. The van der Waals surface area contributed by atoms with E-state index in [1.165, 1.54) is 5.56 Å². The molecule has 0 saturated heterocycles. The van der Waals surface area contributed by atoms with Crippen molar-refractivity contribution in [1.29, 1.82) is 0 Å². The number of hydrogen-bond acceptors (Lipinski definition) is 1. The molecule has 2 nitrogen and oxygen atoms in total. The molecule has 0 aliphatic heterocycles. The first kappa shape index (κ1) is 10.8. The fourth-order valence-corrected chi connectivity index (χ4v) is 1.39. The Balaban J connectivity index is 3.21. The van der Waals surface area contributed by atoms with Crippen LogP contribution in [0, 0.1) is 0 Å². The SMILES string of the molecule is C=Cn1cc(C(C)CC)ccc1=NC. The zero-order valence-electron chi connectivity index (χ0n) is 9.20. The van der Waals surface area contributed by atoms with Crippen LogP contribution >= 0.6 is 0 Å². The lowest BCUT2D eigenvalue weighted by Crippen LogP contribution is -2.16. The molecule has 1 aromatic rings. The molecular weight excluding hydrogens is 172 g/mol. The molecule has 1 atom stereocenters. The maximum atomic E-state index is 4.16. The van der Waals surface area contributed by atoms with Crippen LogP contribution < -0.4 is 5.49 Å². The van der Waals surface area contributed by atoms with Crippen LogP contribution in [0.5, 0.6) is 0 Å². The lowest BCUT2D eigenvalue weighted by atomic mass is 10.0. The van der Waals surface area contributed by atoms with Gasteiger partial charge in [0.15, 0.2) is 0 Å². The van der Waals surface area contributed by atoms with Gasteiger partial charge in [0.05, 0.1) is 0 Å². The van der Waals surface area contributed by atoms with Gasteiger partial charge in [-0.15, -0.1) is 0 Å². The van der Waals surface area contributed by atoms with Gasteiger partial charge in [0, 0.05) is 19.4 Å². The quantitative estimate of drug-likeness (QED) is 0.697. The minimum absolute atomic E-state index is 0.590. The summed E-state index contributed by atoms with van der Waals surface area (Å²) in [6.07, 6.45) is 5.04. The maximum absolute atomic E-state index is 4.16. The smallest absolute Gasteiger partial charge is 0.131 e. The minimum atomic E-state index is 0.590. The topological polar surface area (TPSA) is 17.3 Å². The Hall–Kier alpha value is -1.31. The average Bonchev–Trinajstić information content (AvgIpc) is 2.26. The van der Waals surface area contributed by atoms with Gasteiger partial charge in [-0.3, -0.25) is 4.99 Å². The molecule has 0 fully saturated rings. The summed E-state index contributed by atoms with van der Waals surface area (Å²) >= 11 is 0. The van der Waals surface area contributed by atoms with Crippen molar-refractivity contribution < 1.29 is 0 Å². The molecule has 1 aromatic heterocycles. The van der Waals surface area contributed by atoms with Crippen LogP contribution in [0.25, 0.3) is 6.20 Å². The van der Waals surface area contributed by atoms with Gasteiger partial charge in [-0.25, -0.2) is 0 Å². The first-order valence-corrected chi connectivity index (χ1v) is 5.00. The summed E-state index contributed by atoms with van der Waals surface area (Å²) in [6, 6.07) is 4.17. The molecule has 1 rings (SSSR count). The second-order valence-electron chi connectivity index (χ2n) is 3.44. The summed E-state index contributed by atoms with van der Waals surface area (Å²) in [6.45, 7) is 8.19. The van der Waals surface area contributed by atoms with Crippen LogP contribution in [0.15, 0.2) is 29.9 Å². The van der Waals surface area contributed by atoms with Crippen molar-refractivity contribution >= 4 is 6.20 Å². The van der Waals surface area contributed by atoms with Crippen molar-refractivity contribution in [2.24, 2.45) is 4.99 Å². The van der Waals surface area contributed by atoms with Gasteiger partial charge < -0.3 is 4.57 Å². The normalized spacial score (nSPS) is 14.1. The van der Waals surface area contributed by atoms with Crippen molar-refractivity contribution in [2.45, 2.75) is 26.2 Å². The lowest BCUT2D eigenvalue weighted by molar-refractivity contribution is 0.723. The van der Waals surface area contributed by atoms with E-state index in [1.54, 1.807) is 13.2 Å². The van der Waals surface area contributed by atoms with Gasteiger partial charge in [0.1, 0.15) is 5.49 Å². The summed E-state index contributed by atoms with van der Waals surface area (Å²) in [5, 5.41) is 0. The van der Waals surface area contributed by atoms with E-state index in [9.17, 15) is 0 Å². The molecule has 2 heteroatoms. The fraction of sp³-hybridized carbons (Fsp3) is 0.417. The Labute approximate surface area is 85.6 Å².